The highest BCUT2D eigenvalue weighted by Gasteiger charge is 2.19. The van der Waals surface area contributed by atoms with Crippen LogP contribution in [-0.2, 0) is 0 Å². The summed E-state index contributed by atoms with van der Waals surface area (Å²) in [6.45, 7) is 5.60. The van der Waals surface area contributed by atoms with E-state index in [9.17, 15) is 4.39 Å². The molecular weight excluding hydrogens is 283 g/mol. The topological polar surface area (TPSA) is 29.3 Å². The fourth-order valence-corrected chi connectivity index (χ4v) is 2.35. The Kier molecular flexibility index (Phi) is 5.56. The Labute approximate surface area is 111 Å². The van der Waals surface area contributed by atoms with Crippen LogP contribution in [0.2, 0.25) is 0 Å². The van der Waals surface area contributed by atoms with Crippen molar-refractivity contribution in [3.8, 4) is 0 Å². The molecule has 1 rings (SSSR count). The van der Waals surface area contributed by atoms with Gasteiger partial charge in [-0.1, -0.05) is 35.8 Å². The molecule has 0 aliphatic carbocycles. The van der Waals surface area contributed by atoms with Crippen LogP contribution in [0.3, 0.4) is 0 Å². The van der Waals surface area contributed by atoms with E-state index >= 15 is 0 Å². The van der Waals surface area contributed by atoms with Crippen molar-refractivity contribution in [1.82, 2.24) is 4.90 Å². The first-order valence-corrected chi connectivity index (χ1v) is 6.60. The summed E-state index contributed by atoms with van der Waals surface area (Å²) in [6.07, 6.45) is 0. The lowest BCUT2D eigenvalue weighted by Gasteiger charge is -2.29. The first kappa shape index (κ1) is 14.6. The molecule has 0 saturated heterocycles. The highest BCUT2D eigenvalue weighted by Crippen LogP contribution is 2.24. The summed E-state index contributed by atoms with van der Waals surface area (Å²) in [7, 11) is 1.99. The van der Waals surface area contributed by atoms with E-state index in [1.807, 2.05) is 13.1 Å². The van der Waals surface area contributed by atoms with Crippen LogP contribution in [0.1, 0.15) is 25.5 Å². The summed E-state index contributed by atoms with van der Waals surface area (Å²) in [5.74, 6) is 0.331. The Balaban J connectivity index is 2.93. The van der Waals surface area contributed by atoms with Gasteiger partial charge in [-0.3, -0.25) is 4.90 Å². The molecule has 2 nitrogen and oxygen atoms in total. The van der Waals surface area contributed by atoms with Gasteiger partial charge in [0.1, 0.15) is 5.82 Å². The summed E-state index contributed by atoms with van der Waals surface area (Å²) >= 11 is 3.26. The molecule has 1 atom stereocenters. The first-order chi connectivity index (χ1) is 7.95. The van der Waals surface area contributed by atoms with Crippen molar-refractivity contribution in [3.63, 3.8) is 0 Å². The molecule has 96 valence electrons. The average Bonchev–Trinajstić information content (AvgIpc) is 2.21. The molecule has 1 unspecified atom stereocenters. The molecule has 0 saturated carbocycles. The Morgan fingerprint density at radius 3 is 2.53 bits per heavy atom. The zero-order valence-electron chi connectivity index (χ0n) is 10.6. The number of hydrogen-bond donors (Lipinski definition) is 1. The van der Waals surface area contributed by atoms with Crippen molar-refractivity contribution in [2.45, 2.75) is 19.9 Å². The highest BCUT2D eigenvalue weighted by atomic mass is 79.9. The third kappa shape index (κ3) is 4.05. The van der Waals surface area contributed by atoms with Crippen LogP contribution in [0.25, 0.3) is 0 Å². The van der Waals surface area contributed by atoms with Gasteiger partial charge in [0.2, 0.25) is 0 Å². The molecule has 1 aromatic carbocycles. The maximum absolute atomic E-state index is 13.9. The minimum atomic E-state index is -0.203. The maximum Gasteiger partial charge on any atom is 0.129 e. The van der Waals surface area contributed by atoms with Crippen molar-refractivity contribution in [2.75, 3.05) is 20.1 Å². The minimum Gasteiger partial charge on any atom is -0.329 e. The number of halogens is 2. The van der Waals surface area contributed by atoms with Gasteiger partial charge in [-0.2, -0.15) is 0 Å². The van der Waals surface area contributed by atoms with Crippen molar-refractivity contribution in [1.29, 1.82) is 0 Å². The van der Waals surface area contributed by atoms with Crippen molar-refractivity contribution in [3.05, 3.63) is 34.1 Å². The second-order valence-electron chi connectivity index (χ2n) is 4.75. The summed E-state index contributed by atoms with van der Waals surface area (Å²) in [5.41, 5.74) is 6.43. The lowest BCUT2D eigenvalue weighted by molar-refractivity contribution is 0.219. The predicted octanol–water partition coefficient (Wildman–Crippen LogP) is 3.18. The molecule has 0 fully saturated rings. The van der Waals surface area contributed by atoms with Crippen LogP contribution in [0.4, 0.5) is 4.39 Å². The minimum absolute atomic E-state index is 0.0644. The third-order valence-corrected chi connectivity index (χ3v) is 3.22. The molecule has 0 aromatic heterocycles. The lowest BCUT2D eigenvalue weighted by Crippen LogP contribution is -2.33. The first-order valence-electron chi connectivity index (χ1n) is 5.81. The summed E-state index contributed by atoms with van der Waals surface area (Å²) in [6, 6.07) is 5.07. The molecule has 2 N–H and O–H groups in total. The number of rotatable bonds is 5. The predicted molar refractivity (Wildman–Crippen MR) is 73.4 cm³/mol. The van der Waals surface area contributed by atoms with Crippen LogP contribution >= 0.6 is 15.9 Å². The van der Waals surface area contributed by atoms with Gasteiger partial charge in [0.25, 0.3) is 0 Å². The summed E-state index contributed by atoms with van der Waals surface area (Å²) < 4.78 is 14.6. The van der Waals surface area contributed by atoms with Gasteiger partial charge in [0, 0.05) is 29.2 Å². The third-order valence-electron chi connectivity index (χ3n) is 2.73. The number of nitrogens with zero attached hydrogens (tertiary/aromatic N) is 1. The van der Waals surface area contributed by atoms with E-state index in [1.54, 1.807) is 6.07 Å². The molecule has 0 bridgehead atoms. The molecule has 4 heteroatoms. The second kappa shape index (κ2) is 6.47. The summed E-state index contributed by atoms with van der Waals surface area (Å²) in [5, 5.41) is 0. The molecule has 0 amide bonds. The Bertz CT molecular complexity index is 368. The SMILES string of the molecule is CC(C)CN(C)C(CN)c1ccc(Br)cc1F. The van der Waals surface area contributed by atoms with Crippen molar-refractivity contribution >= 4 is 15.9 Å². The molecular formula is C13H20BrFN2. The molecule has 0 aliphatic heterocycles. The van der Waals surface area contributed by atoms with Crippen molar-refractivity contribution < 1.29 is 4.39 Å². The standard InChI is InChI=1S/C13H20BrFN2/c1-9(2)8-17(3)13(7-16)11-5-4-10(14)6-12(11)15/h4-6,9,13H,7-8,16H2,1-3H3. The molecule has 0 aliphatic rings. The van der Waals surface area contributed by atoms with E-state index in [2.05, 4.69) is 34.7 Å². The van der Waals surface area contributed by atoms with Gasteiger partial charge in [0.15, 0.2) is 0 Å². The quantitative estimate of drug-likeness (QED) is 0.905. The number of nitrogens with two attached hydrogens (primary N) is 1. The van der Waals surface area contributed by atoms with E-state index in [0.29, 0.717) is 18.0 Å². The van der Waals surface area contributed by atoms with Gasteiger partial charge in [-0.25, -0.2) is 4.39 Å². The van der Waals surface area contributed by atoms with E-state index in [-0.39, 0.29) is 11.9 Å². The highest BCUT2D eigenvalue weighted by molar-refractivity contribution is 9.10. The fourth-order valence-electron chi connectivity index (χ4n) is 2.02. The molecule has 17 heavy (non-hydrogen) atoms. The molecule has 0 radical (unpaired) electrons. The molecule has 0 heterocycles. The van der Waals surface area contributed by atoms with Crippen LogP contribution in [0, 0.1) is 11.7 Å². The van der Waals surface area contributed by atoms with E-state index in [0.717, 1.165) is 11.0 Å². The maximum atomic E-state index is 13.9. The average molecular weight is 303 g/mol. The number of hydrogen-bond acceptors (Lipinski definition) is 2. The second-order valence-corrected chi connectivity index (χ2v) is 5.67. The van der Waals surface area contributed by atoms with Crippen LogP contribution in [-0.4, -0.2) is 25.0 Å². The van der Waals surface area contributed by atoms with E-state index in [4.69, 9.17) is 5.73 Å². The zero-order chi connectivity index (χ0) is 13.0. The molecule has 1 aromatic rings. The normalized spacial score (nSPS) is 13.4. The van der Waals surface area contributed by atoms with Gasteiger partial charge in [-0.05, 0) is 25.1 Å². The van der Waals surface area contributed by atoms with Crippen LogP contribution < -0.4 is 5.73 Å². The Morgan fingerprint density at radius 1 is 1.41 bits per heavy atom. The van der Waals surface area contributed by atoms with Crippen molar-refractivity contribution in [2.24, 2.45) is 11.7 Å². The van der Waals surface area contributed by atoms with E-state index < -0.39 is 0 Å². The monoisotopic (exact) mass is 302 g/mol. The lowest BCUT2D eigenvalue weighted by atomic mass is 10.0. The van der Waals surface area contributed by atoms with Gasteiger partial charge < -0.3 is 5.73 Å². The Hall–Kier alpha value is -0.450. The Morgan fingerprint density at radius 2 is 2.06 bits per heavy atom. The molecule has 0 spiro atoms. The van der Waals surface area contributed by atoms with Gasteiger partial charge in [-0.15, -0.1) is 0 Å². The number of benzene rings is 1. The van der Waals surface area contributed by atoms with Crippen LogP contribution in [0.15, 0.2) is 22.7 Å². The zero-order valence-corrected chi connectivity index (χ0v) is 12.2. The van der Waals surface area contributed by atoms with Gasteiger partial charge >= 0.3 is 0 Å². The largest absolute Gasteiger partial charge is 0.329 e. The van der Waals surface area contributed by atoms with Crippen LogP contribution in [0.5, 0.6) is 0 Å². The fraction of sp³-hybridized carbons (Fsp3) is 0.538. The van der Waals surface area contributed by atoms with Gasteiger partial charge in [0.05, 0.1) is 0 Å². The smallest absolute Gasteiger partial charge is 0.129 e. The number of likely N-dealkylation sites (N-methyl/N-ethyl adjacent to an activating group) is 1. The van der Waals surface area contributed by atoms with E-state index in [1.165, 1.54) is 6.07 Å². The summed E-state index contributed by atoms with van der Waals surface area (Å²) in [4.78, 5) is 2.11.